The van der Waals surface area contributed by atoms with Crippen molar-refractivity contribution < 1.29 is 15.0 Å². The Labute approximate surface area is 71.6 Å². The van der Waals surface area contributed by atoms with Crippen molar-refractivity contribution in [3.63, 3.8) is 0 Å². The van der Waals surface area contributed by atoms with Gasteiger partial charge in [-0.1, -0.05) is 0 Å². The molecule has 0 saturated heterocycles. The van der Waals surface area contributed by atoms with Crippen LogP contribution in [0.5, 0.6) is 0 Å². The molecular formula is C7H16N2O3. The minimum Gasteiger partial charge on any atom is -0.394 e. The van der Waals surface area contributed by atoms with E-state index in [9.17, 15) is 4.79 Å². The van der Waals surface area contributed by atoms with Crippen LogP contribution in [-0.4, -0.2) is 41.4 Å². The number of nitrogens with one attached hydrogen (secondary N) is 1. The van der Waals surface area contributed by atoms with E-state index in [1.54, 1.807) is 6.92 Å². The number of amides is 1. The van der Waals surface area contributed by atoms with Crippen LogP contribution in [0.25, 0.3) is 0 Å². The predicted molar refractivity (Wildman–Crippen MR) is 44.4 cm³/mol. The van der Waals surface area contributed by atoms with Crippen LogP contribution in [-0.2, 0) is 4.79 Å². The summed E-state index contributed by atoms with van der Waals surface area (Å²) in [6.45, 7) is 1.45. The topological polar surface area (TPSA) is 95.6 Å². The van der Waals surface area contributed by atoms with E-state index in [2.05, 4.69) is 5.32 Å². The van der Waals surface area contributed by atoms with Gasteiger partial charge in [0.25, 0.3) is 0 Å². The summed E-state index contributed by atoms with van der Waals surface area (Å²) in [5.41, 5.74) is 5.36. The Hall–Kier alpha value is -0.650. The molecule has 1 amide bonds. The highest BCUT2D eigenvalue weighted by Crippen LogP contribution is 1.85. The molecule has 0 aliphatic rings. The first kappa shape index (κ1) is 11.4. The highest BCUT2D eigenvalue weighted by atomic mass is 16.3. The minimum absolute atomic E-state index is 0.0715. The summed E-state index contributed by atoms with van der Waals surface area (Å²) in [7, 11) is 0. The van der Waals surface area contributed by atoms with Gasteiger partial charge in [0.05, 0.1) is 12.7 Å². The van der Waals surface area contributed by atoms with Crippen molar-refractivity contribution in [1.82, 2.24) is 5.32 Å². The fraction of sp³-hybridized carbons (Fsp3) is 0.857. The third-order valence-corrected chi connectivity index (χ3v) is 1.25. The zero-order valence-corrected chi connectivity index (χ0v) is 7.16. The second-order valence-corrected chi connectivity index (χ2v) is 2.82. The van der Waals surface area contributed by atoms with E-state index < -0.39 is 6.10 Å². The lowest BCUT2D eigenvalue weighted by atomic mass is 10.2. The van der Waals surface area contributed by atoms with Gasteiger partial charge in [0.2, 0.25) is 5.91 Å². The first-order valence-electron chi connectivity index (χ1n) is 3.87. The average Bonchev–Trinajstić information content (AvgIpc) is 1.99. The van der Waals surface area contributed by atoms with Gasteiger partial charge in [-0.3, -0.25) is 4.79 Å². The first-order valence-corrected chi connectivity index (χ1v) is 3.87. The molecule has 0 heterocycles. The number of carbonyl (C=O) groups excluding carboxylic acids is 1. The van der Waals surface area contributed by atoms with Crippen molar-refractivity contribution in [2.75, 3.05) is 13.2 Å². The number of aliphatic hydroxyl groups excluding tert-OH is 2. The highest BCUT2D eigenvalue weighted by Gasteiger charge is 2.06. The molecule has 0 aliphatic heterocycles. The Morgan fingerprint density at radius 3 is 2.67 bits per heavy atom. The monoisotopic (exact) mass is 176 g/mol. The number of hydrogen-bond acceptors (Lipinski definition) is 4. The lowest BCUT2D eigenvalue weighted by Gasteiger charge is -2.09. The quantitative estimate of drug-likeness (QED) is 0.397. The molecule has 0 aromatic heterocycles. The van der Waals surface area contributed by atoms with Crippen LogP contribution < -0.4 is 11.1 Å². The average molecular weight is 176 g/mol. The molecule has 72 valence electrons. The summed E-state index contributed by atoms with van der Waals surface area (Å²) in [4.78, 5) is 10.9. The molecule has 0 fully saturated rings. The molecule has 2 unspecified atom stereocenters. The standard InChI is InChI=1S/C7H16N2O3/c1-5(8)2-7(12)9-3-6(11)4-10/h5-6,10-11H,2-4,8H2,1H3,(H,9,12). The number of carbonyl (C=O) groups is 1. The predicted octanol–water partition coefficient (Wildman–Crippen LogP) is -1.81. The maximum atomic E-state index is 10.9. The number of hydrogen-bond donors (Lipinski definition) is 4. The Bertz CT molecular complexity index is 139. The largest absolute Gasteiger partial charge is 0.394 e. The van der Waals surface area contributed by atoms with Crippen LogP contribution in [0.2, 0.25) is 0 Å². The number of nitrogens with two attached hydrogens (primary N) is 1. The molecule has 12 heavy (non-hydrogen) atoms. The van der Waals surface area contributed by atoms with Crippen molar-refractivity contribution in [3.05, 3.63) is 0 Å². The van der Waals surface area contributed by atoms with Crippen molar-refractivity contribution in [3.8, 4) is 0 Å². The molecule has 0 aromatic carbocycles. The summed E-state index contributed by atoms with van der Waals surface area (Å²) in [6.07, 6.45) is -0.653. The third kappa shape index (κ3) is 6.09. The molecule has 0 aromatic rings. The molecule has 0 radical (unpaired) electrons. The fourth-order valence-electron chi connectivity index (χ4n) is 0.661. The Balaban J connectivity index is 3.44. The van der Waals surface area contributed by atoms with Crippen LogP contribution in [0.3, 0.4) is 0 Å². The maximum absolute atomic E-state index is 10.9. The van der Waals surface area contributed by atoms with E-state index >= 15 is 0 Å². The van der Waals surface area contributed by atoms with E-state index in [4.69, 9.17) is 15.9 Å². The fourth-order valence-corrected chi connectivity index (χ4v) is 0.661. The molecular weight excluding hydrogens is 160 g/mol. The zero-order chi connectivity index (χ0) is 9.56. The zero-order valence-electron chi connectivity index (χ0n) is 7.16. The lowest BCUT2D eigenvalue weighted by Crippen LogP contribution is -2.36. The van der Waals surface area contributed by atoms with Crippen LogP contribution in [0.4, 0.5) is 0 Å². The highest BCUT2D eigenvalue weighted by molar-refractivity contribution is 5.76. The first-order chi connectivity index (χ1) is 5.56. The molecule has 5 nitrogen and oxygen atoms in total. The third-order valence-electron chi connectivity index (χ3n) is 1.25. The maximum Gasteiger partial charge on any atom is 0.221 e. The molecule has 0 rings (SSSR count). The minimum atomic E-state index is -0.887. The smallest absolute Gasteiger partial charge is 0.221 e. The second kappa shape index (κ2) is 5.93. The normalized spacial score (nSPS) is 15.3. The molecule has 5 heteroatoms. The SMILES string of the molecule is CC(N)CC(=O)NCC(O)CO. The molecule has 0 spiro atoms. The van der Waals surface area contributed by atoms with E-state index in [0.29, 0.717) is 0 Å². The van der Waals surface area contributed by atoms with Crippen LogP contribution in [0, 0.1) is 0 Å². The second-order valence-electron chi connectivity index (χ2n) is 2.82. The van der Waals surface area contributed by atoms with Gasteiger partial charge >= 0.3 is 0 Å². The van der Waals surface area contributed by atoms with Crippen LogP contribution in [0.15, 0.2) is 0 Å². The van der Waals surface area contributed by atoms with Gasteiger partial charge in [0, 0.05) is 19.0 Å². The van der Waals surface area contributed by atoms with Gasteiger partial charge in [0.1, 0.15) is 0 Å². The van der Waals surface area contributed by atoms with Gasteiger partial charge in [-0.05, 0) is 6.92 Å². The Kier molecular flexibility index (Phi) is 5.61. The lowest BCUT2D eigenvalue weighted by molar-refractivity contribution is -0.121. The Morgan fingerprint density at radius 1 is 1.67 bits per heavy atom. The van der Waals surface area contributed by atoms with E-state index in [1.165, 1.54) is 0 Å². The van der Waals surface area contributed by atoms with Gasteiger partial charge in [0.15, 0.2) is 0 Å². The van der Waals surface area contributed by atoms with Crippen molar-refractivity contribution >= 4 is 5.91 Å². The summed E-state index contributed by atoms with van der Waals surface area (Å²) in [5, 5.41) is 19.7. The summed E-state index contributed by atoms with van der Waals surface area (Å²) < 4.78 is 0. The van der Waals surface area contributed by atoms with E-state index in [-0.39, 0.29) is 31.5 Å². The molecule has 2 atom stereocenters. The van der Waals surface area contributed by atoms with Crippen LogP contribution in [0.1, 0.15) is 13.3 Å². The van der Waals surface area contributed by atoms with Gasteiger partial charge in [-0.2, -0.15) is 0 Å². The van der Waals surface area contributed by atoms with Crippen molar-refractivity contribution in [2.24, 2.45) is 5.73 Å². The molecule has 0 bridgehead atoms. The Morgan fingerprint density at radius 2 is 2.25 bits per heavy atom. The molecule has 5 N–H and O–H groups in total. The summed E-state index contributed by atoms with van der Waals surface area (Å²) in [6, 6.07) is -0.184. The summed E-state index contributed by atoms with van der Waals surface area (Å²) in [5.74, 6) is -0.211. The van der Waals surface area contributed by atoms with Crippen molar-refractivity contribution in [2.45, 2.75) is 25.5 Å². The van der Waals surface area contributed by atoms with E-state index in [0.717, 1.165) is 0 Å². The van der Waals surface area contributed by atoms with Crippen LogP contribution >= 0.6 is 0 Å². The van der Waals surface area contributed by atoms with Gasteiger partial charge in [-0.25, -0.2) is 0 Å². The van der Waals surface area contributed by atoms with Gasteiger partial charge < -0.3 is 21.3 Å². The molecule has 0 saturated carbocycles. The number of rotatable bonds is 5. The van der Waals surface area contributed by atoms with E-state index in [1.807, 2.05) is 0 Å². The molecule has 0 aliphatic carbocycles. The van der Waals surface area contributed by atoms with Crippen molar-refractivity contribution in [1.29, 1.82) is 0 Å². The summed E-state index contributed by atoms with van der Waals surface area (Å²) >= 11 is 0. The number of aliphatic hydroxyl groups is 2. The van der Waals surface area contributed by atoms with Gasteiger partial charge in [-0.15, -0.1) is 0 Å².